The summed E-state index contributed by atoms with van der Waals surface area (Å²) in [5, 5.41) is 2.48. The number of nitrogens with one attached hydrogen (secondary N) is 1. The standard InChI is InChI=1S/C18H17F2N3O3/c1-11-2-3-13(9-14(11)18(25)23-4-6-26-7-5-23)22-17(24)16-15(20)8-12(19)10-21-16/h2-3,8-10H,4-7H2,1H3,(H,22,24). The van der Waals surface area contributed by atoms with Crippen LogP contribution >= 0.6 is 0 Å². The van der Waals surface area contributed by atoms with Gasteiger partial charge in [0.1, 0.15) is 5.82 Å². The van der Waals surface area contributed by atoms with Gasteiger partial charge >= 0.3 is 0 Å². The Morgan fingerprint density at radius 1 is 1.19 bits per heavy atom. The van der Waals surface area contributed by atoms with Crippen LogP contribution in [0.1, 0.15) is 26.4 Å². The van der Waals surface area contributed by atoms with Gasteiger partial charge in [-0.15, -0.1) is 0 Å². The molecule has 2 amide bonds. The van der Waals surface area contributed by atoms with E-state index in [0.29, 0.717) is 43.6 Å². The van der Waals surface area contributed by atoms with Crippen LogP contribution in [0.2, 0.25) is 0 Å². The van der Waals surface area contributed by atoms with Crippen molar-refractivity contribution in [2.45, 2.75) is 6.92 Å². The van der Waals surface area contributed by atoms with Crippen LogP contribution in [-0.4, -0.2) is 48.0 Å². The fourth-order valence-electron chi connectivity index (χ4n) is 2.64. The Labute approximate surface area is 148 Å². The van der Waals surface area contributed by atoms with Crippen LogP contribution in [-0.2, 0) is 4.74 Å². The number of benzene rings is 1. The van der Waals surface area contributed by atoms with Crippen molar-refractivity contribution >= 4 is 17.5 Å². The molecular formula is C18H17F2N3O3. The molecule has 0 unspecified atom stereocenters. The lowest BCUT2D eigenvalue weighted by Crippen LogP contribution is -2.41. The highest BCUT2D eigenvalue weighted by Gasteiger charge is 2.21. The van der Waals surface area contributed by atoms with Gasteiger partial charge in [0.15, 0.2) is 11.5 Å². The zero-order valence-electron chi connectivity index (χ0n) is 14.1. The third-order valence-corrected chi connectivity index (χ3v) is 4.05. The summed E-state index contributed by atoms with van der Waals surface area (Å²) >= 11 is 0. The number of hydrogen-bond acceptors (Lipinski definition) is 4. The number of pyridine rings is 1. The maximum Gasteiger partial charge on any atom is 0.277 e. The van der Waals surface area contributed by atoms with E-state index in [0.717, 1.165) is 11.8 Å². The van der Waals surface area contributed by atoms with E-state index < -0.39 is 23.2 Å². The lowest BCUT2D eigenvalue weighted by molar-refractivity contribution is 0.0302. The monoisotopic (exact) mass is 361 g/mol. The molecule has 1 aliphatic heterocycles. The summed E-state index contributed by atoms with van der Waals surface area (Å²) in [5.41, 5.74) is 0.999. The average Bonchev–Trinajstić information content (AvgIpc) is 2.63. The van der Waals surface area contributed by atoms with Gasteiger partial charge in [-0.2, -0.15) is 0 Å². The molecule has 3 rings (SSSR count). The first-order valence-electron chi connectivity index (χ1n) is 8.06. The molecule has 0 aliphatic carbocycles. The minimum Gasteiger partial charge on any atom is -0.378 e. The van der Waals surface area contributed by atoms with Crippen molar-refractivity contribution in [3.8, 4) is 0 Å². The van der Waals surface area contributed by atoms with Crippen molar-refractivity contribution < 1.29 is 23.1 Å². The quantitative estimate of drug-likeness (QED) is 0.911. The molecule has 0 bridgehead atoms. The van der Waals surface area contributed by atoms with Crippen LogP contribution in [0.4, 0.5) is 14.5 Å². The second kappa shape index (κ2) is 7.57. The zero-order valence-corrected chi connectivity index (χ0v) is 14.1. The second-order valence-electron chi connectivity index (χ2n) is 5.87. The molecule has 1 aromatic carbocycles. The van der Waals surface area contributed by atoms with Crippen LogP contribution in [0.3, 0.4) is 0 Å². The van der Waals surface area contributed by atoms with Crippen molar-refractivity contribution in [3.63, 3.8) is 0 Å². The third kappa shape index (κ3) is 3.85. The topological polar surface area (TPSA) is 71.5 Å². The highest BCUT2D eigenvalue weighted by molar-refractivity contribution is 6.04. The maximum absolute atomic E-state index is 13.7. The van der Waals surface area contributed by atoms with Gasteiger partial charge in [0.05, 0.1) is 19.4 Å². The summed E-state index contributed by atoms with van der Waals surface area (Å²) in [6, 6.07) is 5.42. The highest BCUT2D eigenvalue weighted by Crippen LogP contribution is 2.19. The van der Waals surface area contributed by atoms with Crippen molar-refractivity contribution in [2.24, 2.45) is 0 Å². The molecule has 1 aromatic heterocycles. The van der Waals surface area contributed by atoms with E-state index in [-0.39, 0.29) is 5.91 Å². The molecule has 1 aliphatic rings. The normalized spacial score (nSPS) is 14.2. The van der Waals surface area contributed by atoms with Crippen LogP contribution in [0.25, 0.3) is 0 Å². The van der Waals surface area contributed by atoms with Gasteiger partial charge in [0.25, 0.3) is 11.8 Å². The number of carbonyl (C=O) groups is 2. The van der Waals surface area contributed by atoms with E-state index in [2.05, 4.69) is 10.3 Å². The van der Waals surface area contributed by atoms with Crippen LogP contribution in [0, 0.1) is 18.6 Å². The number of morpholine rings is 1. The Hall–Kier alpha value is -2.87. The van der Waals surface area contributed by atoms with Crippen molar-refractivity contribution in [2.75, 3.05) is 31.6 Å². The molecule has 0 radical (unpaired) electrons. The number of hydrogen-bond donors (Lipinski definition) is 1. The Bertz CT molecular complexity index is 852. The summed E-state index contributed by atoms with van der Waals surface area (Å²) < 4.78 is 31.8. The molecular weight excluding hydrogens is 344 g/mol. The molecule has 0 atom stereocenters. The van der Waals surface area contributed by atoms with Gasteiger partial charge in [-0.3, -0.25) is 9.59 Å². The molecule has 26 heavy (non-hydrogen) atoms. The summed E-state index contributed by atoms with van der Waals surface area (Å²) in [5.74, 6) is -2.91. The van der Waals surface area contributed by atoms with Gasteiger partial charge in [-0.1, -0.05) is 6.07 Å². The molecule has 1 N–H and O–H groups in total. The summed E-state index contributed by atoms with van der Waals surface area (Å²) in [6.45, 7) is 3.76. The number of aryl methyl sites for hydroxylation is 1. The van der Waals surface area contributed by atoms with E-state index in [1.807, 2.05) is 0 Å². The number of rotatable bonds is 3. The second-order valence-corrected chi connectivity index (χ2v) is 5.87. The van der Waals surface area contributed by atoms with Crippen LogP contribution < -0.4 is 5.32 Å². The lowest BCUT2D eigenvalue weighted by Gasteiger charge is -2.27. The van der Waals surface area contributed by atoms with Gasteiger partial charge in [0, 0.05) is 30.4 Å². The minimum absolute atomic E-state index is 0.159. The maximum atomic E-state index is 13.7. The Balaban J connectivity index is 1.80. The van der Waals surface area contributed by atoms with Gasteiger partial charge in [-0.05, 0) is 24.6 Å². The van der Waals surface area contributed by atoms with E-state index >= 15 is 0 Å². The fourth-order valence-corrected chi connectivity index (χ4v) is 2.64. The summed E-state index contributed by atoms with van der Waals surface area (Å²) in [4.78, 5) is 30.0. The number of aromatic nitrogens is 1. The smallest absolute Gasteiger partial charge is 0.277 e. The largest absolute Gasteiger partial charge is 0.378 e. The summed E-state index contributed by atoms with van der Waals surface area (Å²) in [6.07, 6.45) is 0.764. The molecule has 6 nitrogen and oxygen atoms in total. The van der Waals surface area contributed by atoms with Crippen molar-refractivity contribution in [1.29, 1.82) is 0 Å². The average molecular weight is 361 g/mol. The summed E-state index contributed by atoms with van der Waals surface area (Å²) in [7, 11) is 0. The SMILES string of the molecule is Cc1ccc(NC(=O)c2ncc(F)cc2F)cc1C(=O)N1CCOCC1. The van der Waals surface area contributed by atoms with Crippen LogP contribution in [0.5, 0.6) is 0 Å². The first-order chi connectivity index (χ1) is 12.5. The van der Waals surface area contributed by atoms with Gasteiger partial charge in [0.2, 0.25) is 0 Å². The molecule has 136 valence electrons. The fraction of sp³-hybridized carbons (Fsp3) is 0.278. The predicted molar refractivity (Wildman–Crippen MR) is 90.0 cm³/mol. The zero-order chi connectivity index (χ0) is 18.7. The van der Waals surface area contributed by atoms with E-state index in [1.165, 1.54) is 6.07 Å². The Morgan fingerprint density at radius 2 is 1.92 bits per heavy atom. The molecule has 2 heterocycles. The number of nitrogens with zero attached hydrogens (tertiary/aromatic N) is 2. The van der Waals surface area contributed by atoms with Gasteiger partial charge < -0.3 is 15.0 Å². The number of anilines is 1. The molecule has 0 saturated carbocycles. The molecule has 1 saturated heterocycles. The Morgan fingerprint density at radius 3 is 2.62 bits per heavy atom. The molecule has 1 fully saturated rings. The van der Waals surface area contributed by atoms with Gasteiger partial charge in [-0.25, -0.2) is 13.8 Å². The lowest BCUT2D eigenvalue weighted by atomic mass is 10.1. The Kier molecular flexibility index (Phi) is 5.22. The third-order valence-electron chi connectivity index (χ3n) is 4.05. The highest BCUT2D eigenvalue weighted by atomic mass is 19.1. The first kappa shape index (κ1) is 17.9. The predicted octanol–water partition coefficient (Wildman–Crippen LogP) is 2.39. The molecule has 2 aromatic rings. The first-order valence-corrected chi connectivity index (χ1v) is 8.06. The molecule has 0 spiro atoms. The van der Waals surface area contributed by atoms with E-state index in [4.69, 9.17) is 4.74 Å². The number of halogens is 2. The number of carbonyl (C=O) groups excluding carboxylic acids is 2. The van der Waals surface area contributed by atoms with E-state index in [9.17, 15) is 18.4 Å². The minimum atomic E-state index is -1.06. The van der Waals surface area contributed by atoms with E-state index in [1.54, 1.807) is 24.0 Å². The van der Waals surface area contributed by atoms with Crippen molar-refractivity contribution in [1.82, 2.24) is 9.88 Å². The van der Waals surface area contributed by atoms with Crippen molar-refractivity contribution in [3.05, 3.63) is 58.9 Å². The number of ether oxygens (including phenoxy) is 1. The number of amides is 2. The van der Waals surface area contributed by atoms with Crippen LogP contribution in [0.15, 0.2) is 30.5 Å². The molecule has 8 heteroatoms.